The molecule has 0 atom stereocenters. The maximum Gasteiger partial charge on any atom is 0.226 e. The summed E-state index contributed by atoms with van der Waals surface area (Å²) in [5.41, 5.74) is 1.81. The zero-order chi connectivity index (χ0) is 10.7. The van der Waals surface area contributed by atoms with Gasteiger partial charge in [-0.1, -0.05) is 19.9 Å². The fourth-order valence-corrected chi connectivity index (χ4v) is 1.66. The molecule has 0 aliphatic carbocycles. The van der Waals surface area contributed by atoms with Gasteiger partial charge in [-0.05, 0) is 23.6 Å². The monoisotopic (exact) mass is 304 g/mol. The Bertz CT molecular complexity index is 345. The summed E-state index contributed by atoms with van der Waals surface area (Å²) in [6, 6.07) is 5.74. The van der Waals surface area contributed by atoms with Gasteiger partial charge in [0.15, 0.2) is 0 Å². The van der Waals surface area contributed by atoms with Crippen molar-refractivity contribution in [1.29, 1.82) is 0 Å². The predicted molar refractivity (Wildman–Crippen MR) is 65.4 cm³/mol. The molecule has 3 heteroatoms. The molecule has 0 fully saturated rings. The first-order chi connectivity index (χ1) is 6.56. The van der Waals surface area contributed by atoms with Crippen molar-refractivity contribution in [3.05, 3.63) is 29.3 Å². The molecule has 0 heterocycles. The number of hydrogen-bond donors (Lipinski definition) is 0. The van der Waals surface area contributed by atoms with E-state index in [1.807, 2.05) is 18.2 Å². The molecule has 0 aliphatic rings. The van der Waals surface area contributed by atoms with Crippen LogP contribution in [0, 0.1) is 0 Å². The fraction of sp³-hybridized carbons (Fsp3) is 0.364. The highest BCUT2D eigenvalue weighted by molar-refractivity contribution is 14.1. The predicted octanol–water partition coefficient (Wildman–Crippen LogP) is 3.39. The third kappa shape index (κ3) is 2.47. The first-order valence-corrected chi connectivity index (χ1v) is 5.52. The van der Waals surface area contributed by atoms with E-state index in [0.29, 0.717) is 17.2 Å². The van der Waals surface area contributed by atoms with Crippen molar-refractivity contribution in [2.75, 3.05) is 7.11 Å². The van der Waals surface area contributed by atoms with Crippen molar-refractivity contribution in [2.24, 2.45) is 0 Å². The van der Waals surface area contributed by atoms with E-state index < -0.39 is 0 Å². The van der Waals surface area contributed by atoms with Crippen molar-refractivity contribution in [2.45, 2.75) is 19.8 Å². The van der Waals surface area contributed by atoms with Crippen LogP contribution in [0.15, 0.2) is 18.2 Å². The molecule has 76 valence electrons. The summed E-state index contributed by atoms with van der Waals surface area (Å²) in [4.78, 5) is 11.3. The number of carbonyl (C=O) groups is 1. The van der Waals surface area contributed by atoms with E-state index in [9.17, 15) is 4.79 Å². The van der Waals surface area contributed by atoms with Crippen LogP contribution in [-0.4, -0.2) is 10.9 Å². The number of hydrogen-bond acceptors (Lipinski definition) is 2. The van der Waals surface area contributed by atoms with E-state index in [-0.39, 0.29) is 3.79 Å². The van der Waals surface area contributed by atoms with Gasteiger partial charge < -0.3 is 4.74 Å². The Kier molecular flexibility index (Phi) is 3.92. The number of methoxy groups -OCH3 is 1. The highest BCUT2D eigenvalue weighted by Gasteiger charge is 2.11. The van der Waals surface area contributed by atoms with Crippen LogP contribution in [0.5, 0.6) is 5.75 Å². The van der Waals surface area contributed by atoms with Gasteiger partial charge in [0, 0.05) is 22.6 Å². The fourth-order valence-electron chi connectivity index (χ4n) is 1.24. The maximum absolute atomic E-state index is 11.3. The van der Waals surface area contributed by atoms with Crippen LogP contribution < -0.4 is 4.74 Å². The Hall–Kier alpha value is -0.580. The molecular formula is C11H13IO2. The minimum Gasteiger partial charge on any atom is -0.496 e. The quantitative estimate of drug-likeness (QED) is 0.632. The van der Waals surface area contributed by atoms with Crippen molar-refractivity contribution in [3.63, 3.8) is 0 Å². The van der Waals surface area contributed by atoms with Crippen molar-refractivity contribution < 1.29 is 9.53 Å². The lowest BCUT2D eigenvalue weighted by Gasteiger charge is -2.09. The first kappa shape index (κ1) is 11.5. The van der Waals surface area contributed by atoms with E-state index in [1.165, 1.54) is 0 Å². The van der Waals surface area contributed by atoms with Gasteiger partial charge in [-0.15, -0.1) is 0 Å². The van der Waals surface area contributed by atoms with Gasteiger partial charge in [0.05, 0.1) is 12.7 Å². The lowest BCUT2D eigenvalue weighted by molar-refractivity contribution is 0.110. The molecule has 2 nitrogen and oxygen atoms in total. The summed E-state index contributed by atoms with van der Waals surface area (Å²) in [5.74, 6) is 1.07. The Morgan fingerprint density at radius 3 is 2.50 bits per heavy atom. The number of carbonyl (C=O) groups excluding carboxylic acids is 1. The third-order valence-corrected chi connectivity index (χ3v) is 2.68. The normalized spacial score (nSPS) is 10.4. The van der Waals surface area contributed by atoms with Crippen LogP contribution in [0.25, 0.3) is 0 Å². The average molecular weight is 304 g/mol. The van der Waals surface area contributed by atoms with Crippen molar-refractivity contribution in [3.8, 4) is 5.75 Å². The SMILES string of the molecule is COc1ccc(C(C)C)cc1C(=O)I. The topological polar surface area (TPSA) is 26.3 Å². The van der Waals surface area contributed by atoms with Crippen LogP contribution in [-0.2, 0) is 0 Å². The first-order valence-electron chi connectivity index (χ1n) is 4.44. The summed E-state index contributed by atoms with van der Waals surface area (Å²) in [7, 11) is 1.58. The molecular weight excluding hydrogens is 291 g/mol. The van der Waals surface area contributed by atoms with Gasteiger partial charge >= 0.3 is 0 Å². The minimum atomic E-state index is 0.0157. The van der Waals surface area contributed by atoms with Crippen molar-refractivity contribution >= 4 is 26.4 Å². The molecule has 0 aromatic heterocycles. The lowest BCUT2D eigenvalue weighted by atomic mass is 10.0. The van der Waals surface area contributed by atoms with Gasteiger partial charge in [-0.2, -0.15) is 0 Å². The molecule has 0 N–H and O–H groups in total. The largest absolute Gasteiger partial charge is 0.496 e. The second-order valence-corrected chi connectivity index (χ2v) is 4.37. The molecule has 0 saturated carbocycles. The molecule has 0 bridgehead atoms. The van der Waals surface area contributed by atoms with Gasteiger partial charge in [-0.3, -0.25) is 4.79 Å². The summed E-state index contributed by atoms with van der Waals surface area (Å²) in [6.45, 7) is 4.20. The van der Waals surface area contributed by atoms with Gasteiger partial charge in [0.1, 0.15) is 5.75 Å². The van der Waals surface area contributed by atoms with Gasteiger partial charge in [0.25, 0.3) is 0 Å². The summed E-state index contributed by atoms with van der Waals surface area (Å²) >= 11 is 1.78. The lowest BCUT2D eigenvalue weighted by Crippen LogP contribution is -1.97. The smallest absolute Gasteiger partial charge is 0.226 e. The van der Waals surface area contributed by atoms with E-state index in [0.717, 1.165) is 5.56 Å². The molecule has 0 unspecified atom stereocenters. The van der Waals surface area contributed by atoms with Crippen LogP contribution >= 0.6 is 22.6 Å². The summed E-state index contributed by atoms with van der Waals surface area (Å²) in [6.07, 6.45) is 0. The van der Waals surface area contributed by atoms with E-state index in [1.54, 1.807) is 29.7 Å². The van der Waals surface area contributed by atoms with Crippen LogP contribution in [0.4, 0.5) is 0 Å². The molecule has 14 heavy (non-hydrogen) atoms. The van der Waals surface area contributed by atoms with E-state index in [2.05, 4.69) is 13.8 Å². The van der Waals surface area contributed by atoms with Gasteiger partial charge in [-0.25, -0.2) is 0 Å². The van der Waals surface area contributed by atoms with Gasteiger partial charge in [0.2, 0.25) is 3.79 Å². The second kappa shape index (κ2) is 4.77. The molecule has 1 aromatic rings. The number of ether oxygens (including phenoxy) is 1. The number of benzene rings is 1. The zero-order valence-electron chi connectivity index (χ0n) is 8.50. The minimum absolute atomic E-state index is 0.0157. The average Bonchev–Trinajstić information content (AvgIpc) is 2.16. The number of halogens is 1. The molecule has 1 aromatic carbocycles. The molecule has 1 rings (SSSR count). The Morgan fingerprint density at radius 2 is 2.07 bits per heavy atom. The summed E-state index contributed by atoms with van der Waals surface area (Å²) in [5, 5.41) is 0. The highest BCUT2D eigenvalue weighted by atomic mass is 127. The highest BCUT2D eigenvalue weighted by Crippen LogP contribution is 2.25. The molecule has 0 aliphatic heterocycles. The molecule has 0 spiro atoms. The van der Waals surface area contributed by atoms with Crippen LogP contribution in [0.2, 0.25) is 0 Å². The third-order valence-electron chi connectivity index (χ3n) is 2.10. The number of rotatable bonds is 3. The molecule has 0 saturated heterocycles. The standard InChI is InChI=1S/C11H13IO2/c1-7(2)8-4-5-10(14-3)9(6-8)11(12)13/h4-7H,1-3H3. The van der Waals surface area contributed by atoms with Crippen LogP contribution in [0.1, 0.15) is 35.7 Å². The van der Waals surface area contributed by atoms with Crippen molar-refractivity contribution in [1.82, 2.24) is 0 Å². The maximum atomic E-state index is 11.3. The van der Waals surface area contributed by atoms with Crippen LogP contribution in [0.3, 0.4) is 0 Å². The second-order valence-electron chi connectivity index (χ2n) is 3.39. The Balaban J connectivity index is 3.21. The Labute approximate surface area is 97.8 Å². The summed E-state index contributed by atoms with van der Waals surface area (Å²) < 4.78 is 5.13. The zero-order valence-corrected chi connectivity index (χ0v) is 10.7. The molecule has 0 radical (unpaired) electrons. The van der Waals surface area contributed by atoms with E-state index >= 15 is 0 Å². The van der Waals surface area contributed by atoms with E-state index in [4.69, 9.17) is 4.74 Å². The Morgan fingerprint density at radius 1 is 1.43 bits per heavy atom. The molecule has 0 amide bonds.